The number of amides is 1. The van der Waals surface area contributed by atoms with E-state index in [0.29, 0.717) is 5.88 Å². The van der Waals surface area contributed by atoms with Crippen LogP contribution in [0.4, 0.5) is 5.69 Å². The zero-order valence-corrected chi connectivity index (χ0v) is 12.8. The van der Waals surface area contributed by atoms with Crippen LogP contribution >= 0.6 is 24.0 Å². The van der Waals surface area contributed by atoms with Crippen LogP contribution in [0, 0.1) is 6.92 Å². The van der Waals surface area contributed by atoms with E-state index in [1.165, 1.54) is 5.56 Å². The van der Waals surface area contributed by atoms with Gasteiger partial charge in [0.05, 0.1) is 0 Å². The van der Waals surface area contributed by atoms with Gasteiger partial charge in [-0.15, -0.1) is 24.0 Å². The van der Waals surface area contributed by atoms with E-state index >= 15 is 0 Å². The maximum atomic E-state index is 11.6. The first-order chi connectivity index (χ1) is 8.10. The maximum Gasteiger partial charge on any atom is 0.223 e. The molecule has 1 aromatic carbocycles. The highest BCUT2D eigenvalue weighted by Gasteiger charge is 2.12. The van der Waals surface area contributed by atoms with Gasteiger partial charge in [-0.2, -0.15) is 0 Å². The van der Waals surface area contributed by atoms with Gasteiger partial charge in [0.15, 0.2) is 0 Å². The predicted octanol–water partition coefficient (Wildman–Crippen LogP) is 3.96. The molecule has 4 heteroatoms. The third-order valence-corrected chi connectivity index (χ3v) is 2.95. The lowest BCUT2D eigenvalue weighted by Crippen LogP contribution is -2.29. The lowest BCUT2D eigenvalue weighted by Gasteiger charge is -2.23. The highest BCUT2D eigenvalue weighted by atomic mass is 35.5. The zero-order valence-electron chi connectivity index (χ0n) is 11.2. The van der Waals surface area contributed by atoms with Crippen molar-refractivity contribution in [3.8, 4) is 0 Å². The molecule has 0 atom stereocenters. The smallest absolute Gasteiger partial charge is 0.223 e. The molecule has 0 spiro atoms. The fraction of sp³-hybridized carbons (Fsp3) is 0.500. The SMILES string of the molecule is CCCN(C(C)=O)c1ccc(CCCl)cc1C.Cl. The number of alkyl halides is 1. The summed E-state index contributed by atoms with van der Waals surface area (Å²) in [5.41, 5.74) is 3.37. The van der Waals surface area contributed by atoms with Crippen LogP contribution in [0.15, 0.2) is 18.2 Å². The number of nitrogens with zero attached hydrogens (tertiary/aromatic N) is 1. The third-order valence-electron chi connectivity index (χ3n) is 2.76. The van der Waals surface area contributed by atoms with Crippen LogP contribution < -0.4 is 4.90 Å². The average molecular weight is 290 g/mol. The van der Waals surface area contributed by atoms with Crippen LogP contribution in [0.3, 0.4) is 0 Å². The van der Waals surface area contributed by atoms with Crippen molar-refractivity contribution in [1.29, 1.82) is 0 Å². The predicted molar refractivity (Wildman–Crippen MR) is 81.2 cm³/mol. The highest BCUT2D eigenvalue weighted by Crippen LogP contribution is 2.22. The van der Waals surface area contributed by atoms with E-state index in [9.17, 15) is 4.79 Å². The molecule has 0 unspecified atom stereocenters. The zero-order chi connectivity index (χ0) is 12.8. The monoisotopic (exact) mass is 289 g/mol. The average Bonchev–Trinajstić information content (AvgIpc) is 2.27. The third kappa shape index (κ3) is 4.51. The molecule has 0 heterocycles. The highest BCUT2D eigenvalue weighted by molar-refractivity contribution is 6.18. The lowest BCUT2D eigenvalue weighted by molar-refractivity contribution is -0.116. The number of carbonyl (C=O) groups is 1. The number of carbonyl (C=O) groups excluding carboxylic acids is 1. The van der Waals surface area contributed by atoms with Crippen LogP contribution in [0.2, 0.25) is 0 Å². The first-order valence-corrected chi connectivity index (χ1v) is 6.57. The Hall–Kier alpha value is -0.730. The molecule has 0 aliphatic rings. The Balaban J connectivity index is 0.00000289. The minimum Gasteiger partial charge on any atom is -0.312 e. The summed E-state index contributed by atoms with van der Waals surface area (Å²) in [6.45, 7) is 6.50. The quantitative estimate of drug-likeness (QED) is 0.752. The van der Waals surface area contributed by atoms with E-state index in [1.54, 1.807) is 6.92 Å². The van der Waals surface area contributed by atoms with Gasteiger partial charge in [0.1, 0.15) is 0 Å². The summed E-state index contributed by atoms with van der Waals surface area (Å²) in [7, 11) is 0. The van der Waals surface area contributed by atoms with Crippen molar-refractivity contribution in [3.63, 3.8) is 0 Å². The van der Waals surface area contributed by atoms with Gasteiger partial charge in [0.25, 0.3) is 0 Å². The second-order valence-corrected chi connectivity index (χ2v) is 4.61. The summed E-state index contributed by atoms with van der Waals surface area (Å²) >= 11 is 5.73. The Labute approximate surface area is 121 Å². The second-order valence-electron chi connectivity index (χ2n) is 4.23. The largest absolute Gasteiger partial charge is 0.312 e. The van der Waals surface area contributed by atoms with Crippen molar-refractivity contribution in [3.05, 3.63) is 29.3 Å². The second kappa shape index (κ2) is 8.39. The number of benzene rings is 1. The van der Waals surface area contributed by atoms with Gasteiger partial charge < -0.3 is 4.90 Å². The van der Waals surface area contributed by atoms with Crippen molar-refractivity contribution in [2.75, 3.05) is 17.3 Å². The molecule has 0 aliphatic heterocycles. The number of hydrogen-bond acceptors (Lipinski definition) is 1. The molecule has 0 N–H and O–H groups in total. The van der Waals surface area contributed by atoms with E-state index in [4.69, 9.17) is 11.6 Å². The standard InChI is InChI=1S/C14H20ClNO.ClH/c1-4-9-16(12(3)17)14-6-5-13(7-8-15)10-11(14)2;/h5-6,10H,4,7-9H2,1-3H3;1H. The van der Waals surface area contributed by atoms with Gasteiger partial charge in [0, 0.05) is 25.0 Å². The minimum atomic E-state index is 0. The van der Waals surface area contributed by atoms with Crippen LogP contribution in [-0.2, 0) is 11.2 Å². The molecule has 0 aromatic heterocycles. The maximum absolute atomic E-state index is 11.6. The Kier molecular flexibility index (Phi) is 8.05. The summed E-state index contributed by atoms with van der Waals surface area (Å²) in [5.74, 6) is 0.726. The Morgan fingerprint density at radius 1 is 1.39 bits per heavy atom. The van der Waals surface area contributed by atoms with E-state index in [-0.39, 0.29) is 18.3 Å². The number of rotatable bonds is 5. The van der Waals surface area contributed by atoms with E-state index in [2.05, 4.69) is 19.1 Å². The molecule has 0 radical (unpaired) electrons. The first-order valence-electron chi connectivity index (χ1n) is 6.03. The minimum absolute atomic E-state index is 0. The molecule has 0 fully saturated rings. The molecule has 1 aromatic rings. The van der Waals surface area contributed by atoms with Gasteiger partial charge in [0.2, 0.25) is 5.91 Å². The fourth-order valence-corrected chi connectivity index (χ4v) is 2.17. The van der Waals surface area contributed by atoms with Gasteiger partial charge in [-0.1, -0.05) is 19.1 Å². The molecule has 1 amide bonds. The number of halogens is 2. The molecule has 18 heavy (non-hydrogen) atoms. The lowest BCUT2D eigenvalue weighted by atomic mass is 10.1. The summed E-state index contributed by atoms with van der Waals surface area (Å²) in [5, 5.41) is 0. The van der Waals surface area contributed by atoms with Gasteiger partial charge in [-0.3, -0.25) is 4.79 Å². The van der Waals surface area contributed by atoms with Gasteiger partial charge in [-0.05, 0) is 37.0 Å². The summed E-state index contributed by atoms with van der Waals surface area (Å²) in [6, 6.07) is 6.19. The van der Waals surface area contributed by atoms with E-state index < -0.39 is 0 Å². The molecule has 0 bridgehead atoms. The van der Waals surface area contributed by atoms with Crippen molar-refractivity contribution in [2.24, 2.45) is 0 Å². The van der Waals surface area contributed by atoms with Crippen molar-refractivity contribution < 1.29 is 4.79 Å². The van der Waals surface area contributed by atoms with Crippen LogP contribution in [0.1, 0.15) is 31.4 Å². The van der Waals surface area contributed by atoms with Gasteiger partial charge in [-0.25, -0.2) is 0 Å². The molecule has 2 nitrogen and oxygen atoms in total. The van der Waals surface area contributed by atoms with Crippen LogP contribution in [-0.4, -0.2) is 18.3 Å². The first kappa shape index (κ1) is 17.3. The molecule has 102 valence electrons. The summed E-state index contributed by atoms with van der Waals surface area (Å²) in [4.78, 5) is 13.4. The van der Waals surface area contributed by atoms with Gasteiger partial charge >= 0.3 is 0 Å². The summed E-state index contributed by atoms with van der Waals surface area (Å²) < 4.78 is 0. The molecule has 0 aliphatic carbocycles. The van der Waals surface area contributed by atoms with E-state index in [1.807, 2.05) is 17.9 Å². The number of anilines is 1. The molecular weight excluding hydrogens is 269 g/mol. The number of hydrogen-bond donors (Lipinski definition) is 0. The molecular formula is C14H21Cl2NO. The normalized spacial score (nSPS) is 9.78. The Morgan fingerprint density at radius 3 is 2.50 bits per heavy atom. The number of aryl methyl sites for hydroxylation is 2. The Bertz CT molecular complexity index is 393. The molecule has 1 rings (SSSR count). The van der Waals surface area contributed by atoms with Crippen molar-refractivity contribution in [2.45, 2.75) is 33.6 Å². The van der Waals surface area contributed by atoms with Crippen LogP contribution in [0.25, 0.3) is 0 Å². The van der Waals surface area contributed by atoms with Crippen molar-refractivity contribution >= 4 is 35.6 Å². The Morgan fingerprint density at radius 2 is 2.06 bits per heavy atom. The topological polar surface area (TPSA) is 20.3 Å². The summed E-state index contributed by atoms with van der Waals surface area (Å²) in [6.07, 6.45) is 1.83. The van der Waals surface area contributed by atoms with E-state index in [0.717, 1.165) is 30.6 Å². The molecule has 0 saturated carbocycles. The molecule has 0 saturated heterocycles. The fourth-order valence-electron chi connectivity index (χ4n) is 1.96. The van der Waals surface area contributed by atoms with Crippen LogP contribution in [0.5, 0.6) is 0 Å². The van der Waals surface area contributed by atoms with Crippen molar-refractivity contribution in [1.82, 2.24) is 0 Å².